The number of fused-ring (bicyclic) bond motifs is 1. The van der Waals surface area contributed by atoms with Gasteiger partial charge in [0.25, 0.3) is 0 Å². The first-order chi connectivity index (χ1) is 11.9. The zero-order valence-electron chi connectivity index (χ0n) is 14.2. The molecule has 1 atom stereocenters. The van der Waals surface area contributed by atoms with Crippen molar-refractivity contribution in [3.05, 3.63) is 59.7 Å². The molecule has 0 bridgehead atoms. The van der Waals surface area contributed by atoms with Gasteiger partial charge in [-0.05, 0) is 48.6 Å². The third-order valence-electron chi connectivity index (χ3n) is 5.07. The Labute approximate surface area is 144 Å². The Hall–Kier alpha value is -2.00. The van der Waals surface area contributed by atoms with Gasteiger partial charge in [0.05, 0.1) is 0 Å². The highest BCUT2D eigenvalue weighted by Crippen LogP contribution is 2.27. The van der Waals surface area contributed by atoms with Crippen LogP contribution in [0.5, 0.6) is 5.75 Å². The Balaban J connectivity index is 1.25. The van der Waals surface area contributed by atoms with E-state index in [0.29, 0.717) is 0 Å². The summed E-state index contributed by atoms with van der Waals surface area (Å²) in [6.45, 7) is 4.20. The molecule has 0 saturated carbocycles. The van der Waals surface area contributed by atoms with Crippen LogP contribution in [0, 0.1) is 0 Å². The molecule has 1 unspecified atom stereocenters. The topological polar surface area (TPSA) is 24.5 Å². The molecule has 0 aromatic heterocycles. The number of benzene rings is 2. The molecular weight excluding hydrogens is 296 g/mol. The zero-order valence-corrected chi connectivity index (χ0v) is 14.2. The van der Waals surface area contributed by atoms with Gasteiger partial charge in [0, 0.05) is 38.3 Å². The van der Waals surface area contributed by atoms with Crippen LogP contribution in [-0.2, 0) is 13.0 Å². The summed E-state index contributed by atoms with van der Waals surface area (Å²) in [5.41, 5.74) is 4.04. The van der Waals surface area contributed by atoms with E-state index in [1.54, 1.807) is 0 Å². The molecule has 2 aliphatic heterocycles. The molecule has 1 saturated heterocycles. The van der Waals surface area contributed by atoms with Crippen LogP contribution >= 0.6 is 0 Å². The average molecular weight is 322 g/mol. The predicted octanol–water partition coefficient (Wildman–Crippen LogP) is 3.77. The molecule has 126 valence electrons. The van der Waals surface area contributed by atoms with Crippen molar-refractivity contribution in [3.8, 4) is 5.75 Å². The fourth-order valence-corrected chi connectivity index (χ4v) is 3.72. The molecule has 2 aliphatic rings. The first-order valence-electron chi connectivity index (χ1n) is 9.18. The number of nitrogens with zero attached hydrogens (tertiary/aromatic N) is 1. The summed E-state index contributed by atoms with van der Waals surface area (Å²) in [5, 5.41) is 3.54. The molecule has 24 heavy (non-hydrogen) atoms. The minimum absolute atomic E-state index is 0.259. The molecule has 1 N–H and O–H groups in total. The van der Waals surface area contributed by atoms with Crippen LogP contribution in [0.4, 0.5) is 5.69 Å². The van der Waals surface area contributed by atoms with Crippen molar-refractivity contribution in [1.82, 2.24) is 5.32 Å². The lowest BCUT2D eigenvalue weighted by atomic mass is 10.1. The van der Waals surface area contributed by atoms with Crippen molar-refractivity contribution >= 4 is 5.69 Å². The summed E-state index contributed by atoms with van der Waals surface area (Å²) >= 11 is 0. The SMILES string of the molecule is c1ccc2c(c1)CC(CNCc1ccc(N3CCCCC3)cc1)O2. The molecule has 3 heteroatoms. The fourth-order valence-electron chi connectivity index (χ4n) is 3.72. The second kappa shape index (κ2) is 7.27. The number of ether oxygens (including phenoxy) is 1. The highest BCUT2D eigenvalue weighted by Gasteiger charge is 2.21. The van der Waals surface area contributed by atoms with Gasteiger partial charge in [0.1, 0.15) is 11.9 Å². The Kier molecular flexibility index (Phi) is 4.70. The van der Waals surface area contributed by atoms with Gasteiger partial charge in [0.15, 0.2) is 0 Å². The van der Waals surface area contributed by atoms with Crippen LogP contribution < -0.4 is 15.0 Å². The van der Waals surface area contributed by atoms with Crippen molar-refractivity contribution in [2.75, 3.05) is 24.5 Å². The van der Waals surface area contributed by atoms with E-state index in [2.05, 4.69) is 52.7 Å². The van der Waals surface area contributed by atoms with Gasteiger partial charge >= 0.3 is 0 Å². The summed E-state index contributed by atoms with van der Waals surface area (Å²) in [5.74, 6) is 1.05. The molecule has 4 rings (SSSR count). The smallest absolute Gasteiger partial charge is 0.123 e. The van der Waals surface area contributed by atoms with E-state index in [9.17, 15) is 0 Å². The van der Waals surface area contributed by atoms with Crippen LogP contribution in [0.1, 0.15) is 30.4 Å². The summed E-state index contributed by atoms with van der Waals surface area (Å²) in [6, 6.07) is 17.4. The van der Waals surface area contributed by atoms with Gasteiger partial charge in [-0.1, -0.05) is 30.3 Å². The molecule has 2 aromatic carbocycles. The number of hydrogen-bond acceptors (Lipinski definition) is 3. The Bertz CT molecular complexity index is 637. The van der Waals surface area contributed by atoms with Crippen molar-refractivity contribution in [1.29, 1.82) is 0 Å². The molecular formula is C21H26N2O. The maximum absolute atomic E-state index is 5.97. The lowest BCUT2D eigenvalue weighted by molar-refractivity contribution is 0.227. The number of para-hydroxylation sites is 1. The van der Waals surface area contributed by atoms with Crippen LogP contribution in [0.25, 0.3) is 0 Å². The Morgan fingerprint density at radius 3 is 2.54 bits per heavy atom. The first-order valence-corrected chi connectivity index (χ1v) is 9.18. The lowest BCUT2D eigenvalue weighted by Crippen LogP contribution is -2.30. The van der Waals surface area contributed by atoms with Crippen molar-refractivity contribution in [2.24, 2.45) is 0 Å². The molecule has 2 aromatic rings. The molecule has 0 radical (unpaired) electrons. The number of rotatable bonds is 5. The largest absolute Gasteiger partial charge is 0.488 e. The maximum Gasteiger partial charge on any atom is 0.123 e. The van der Waals surface area contributed by atoms with Gasteiger partial charge in [-0.2, -0.15) is 0 Å². The van der Waals surface area contributed by atoms with E-state index in [0.717, 1.165) is 25.3 Å². The molecule has 1 fully saturated rings. The molecule has 0 amide bonds. The normalized spacial score (nSPS) is 19.8. The molecule has 0 spiro atoms. The highest BCUT2D eigenvalue weighted by atomic mass is 16.5. The summed E-state index contributed by atoms with van der Waals surface area (Å²) < 4.78 is 5.97. The van der Waals surface area contributed by atoms with Crippen LogP contribution in [0.3, 0.4) is 0 Å². The Morgan fingerprint density at radius 1 is 0.958 bits per heavy atom. The monoisotopic (exact) mass is 322 g/mol. The maximum atomic E-state index is 5.97. The number of anilines is 1. The van der Waals surface area contributed by atoms with E-state index in [1.165, 1.54) is 49.2 Å². The minimum Gasteiger partial charge on any atom is -0.488 e. The van der Waals surface area contributed by atoms with Crippen molar-refractivity contribution in [3.63, 3.8) is 0 Å². The van der Waals surface area contributed by atoms with Gasteiger partial charge in [-0.3, -0.25) is 0 Å². The third kappa shape index (κ3) is 3.57. The zero-order chi connectivity index (χ0) is 16.2. The van der Waals surface area contributed by atoms with Gasteiger partial charge in [0.2, 0.25) is 0 Å². The van der Waals surface area contributed by atoms with Gasteiger partial charge in [-0.15, -0.1) is 0 Å². The first kappa shape index (κ1) is 15.5. The fraction of sp³-hybridized carbons (Fsp3) is 0.429. The van der Waals surface area contributed by atoms with Crippen molar-refractivity contribution < 1.29 is 4.74 Å². The minimum atomic E-state index is 0.259. The van der Waals surface area contributed by atoms with Gasteiger partial charge in [-0.25, -0.2) is 0 Å². The van der Waals surface area contributed by atoms with E-state index in [1.807, 2.05) is 6.07 Å². The standard InChI is InChI=1S/C21H26N2O/c1-4-12-23(13-5-1)19-10-8-17(9-11-19)15-22-16-20-14-18-6-2-3-7-21(18)24-20/h2-3,6-11,20,22H,1,4-5,12-16H2. The van der Waals surface area contributed by atoms with E-state index < -0.39 is 0 Å². The number of piperidine rings is 1. The predicted molar refractivity (Wildman–Crippen MR) is 98.8 cm³/mol. The van der Waals surface area contributed by atoms with Crippen LogP contribution in [0.2, 0.25) is 0 Å². The van der Waals surface area contributed by atoms with E-state index >= 15 is 0 Å². The van der Waals surface area contributed by atoms with Crippen LogP contribution in [-0.4, -0.2) is 25.7 Å². The average Bonchev–Trinajstić information content (AvgIpc) is 3.06. The molecule has 0 aliphatic carbocycles. The lowest BCUT2D eigenvalue weighted by Gasteiger charge is -2.28. The second-order valence-corrected chi connectivity index (χ2v) is 6.90. The van der Waals surface area contributed by atoms with Gasteiger partial charge < -0.3 is 15.0 Å². The highest BCUT2D eigenvalue weighted by molar-refractivity contribution is 5.47. The second-order valence-electron chi connectivity index (χ2n) is 6.90. The van der Waals surface area contributed by atoms with E-state index in [4.69, 9.17) is 4.74 Å². The summed E-state index contributed by atoms with van der Waals surface area (Å²) in [7, 11) is 0. The van der Waals surface area contributed by atoms with Crippen molar-refractivity contribution in [2.45, 2.75) is 38.3 Å². The molecule has 2 heterocycles. The number of nitrogens with one attached hydrogen (secondary N) is 1. The molecule has 3 nitrogen and oxygen atoms in total. The van der Waals surface area contributed by atoms with E-state index in [-0.39, 0.29) is 6.10 Å². The summed E-state index contributed by atoms with van der Waals surface area (Å²) in [4.78, 5) is 2.50. The van der Waals surface area contributed by atoms with Crippen LogP contribution in [0.15, 0.2) is 48.5 Å². The quantitative estimate of drug-likeness (QED) is 0.907. The number of hydrogen-bond donors (Lipinski definition) is 1. The summed E-state index contributed by atoms with van der Waals surface area (Å²) in [6.07, 6.45) is 5.30. The third-order valence-corrected chi connectivity index (χ3v) is 5.07. The Morgan fingerprint density at radius 2 is 1.75 bits per heavy atom.